The summed E-state index contributed by atoms with van der Waals surface area (Å²) in [5.41, 5.74) is 0. The molecule has 0 nitrogen and oxygen atoms in total. The van der Waals surface area contributed by atoms with E-state index in [1.165, 1.54) is 64.2 Å². The second-order valence-electron chi connectivity index (χ2n) is 9.18. The normalized spacial score (nSPS) is 13.6. The van der Waals surface area contributed by atoms with Crippen LogP contribution in [0.25, 0.3) is 0 Å². The number of hydrogen-bond donors (Lipinski definition) is 0. The van der Waals surface area contributed by atoms with Crippen molar-refractivity contribution < 1.29 is 0 Å². The standard InChI is InChI=1S/2C6H13.2C5H11.Sn/c2*1-3-5-6-4-2;2*1-4-5(2)3;/h2*1,3-6H2,2H3;2*4H2,1-3H3;. The summed E-state index contributed by atoms with van der Waals surface area (Å²) in [6.45, 7) is 20.2. The Bertz CT molecular complexity index is 260. The molecule has 0 aromatic rings. The van der Waals surface area contributed by atoms with Gasteiger partial charge in [-0.1, -0.05) is 0 Å². The fourth-order valence-electron chi connectivity index (χ4n) is 4.78. The molecule has 0 aliphatic heterocycles. The summed E-state index contributed by atoms with van der Waals surface area (Å²) in [4.78, 5) is 0. The van der Waals surface area contributed by atoms with Crippen LogP contribution < -0.4 is 0 Å². The number of hydrogen-bond acceptors (Lipinski definition) is 0. The van der Waals surface area contributed by atoms with Gasteiger partial charge in [0, 0.05) is 0 Å². The van der Waals surface area contributed by atoms with Gasteiger partial charge in [0.15, 0.2) is 0 Å². The van der Waals surface area contributed by atoms with Gasteiger partial charge in [0.1, 0.15) is 0 Å². The summed E-state index contributed by atoms with van der Waals surface area (Å²) >= 11 is -2.29. The first kappa shape index (κ1) is 23.8. The predicted octanol–water partition coefficient (Wildman–Crippen LogP) is 8.98. The third kappa shape index (κ3) is 6.55. The molecule has 23 heavy (non-hydrogen) atoms. The van der Waals surface area contributed by atoms with Crippen molar-refractivity contribution in [3.05, 3.63) is 0 Å². The zero-order valence-electron chi connectivity index (χ0n) is 18.0. The molecule has 0 fully saturated rings. The Balaban J connectivity index is 5.36. The van der Waals surface area contributed by atoms with Gasteiger partial charge in [0.2, 0.25) is 0 Å². The van der Waals surface area contributed by atoms with Crippen molar-refractivity contribution in [2.45, 2.75) is 135 Å². The molecule has 0 aliphatic carbocycles. The minimum absolute atomic E-state index is 0.645. The first-order valence-electron chi connectivity index (χ1n) is 10.7. The summed E-state index contributed by atoms with van der Waals surface area (Å²) in [5, 5.41) is 0. The Kier molecular flexibility index (Phi) is 11.8. The molecule has 0 aliphatic rings. The van der Waals surface area contributed by atoms with Crippen LogP contribution >= 0.6 is 0 Å². The zero-order chi connectivity index (χ0) is 18.0. The van der Waals surface area contributed by atoms with E-state index in [4.69, 9.17) is 0 Å². The summed E-state index contributed by atoms with van der Waals surface area (Å²) in [7, 11) is 0. The molecule has 0 radical (unpaired) electrons. The average Bonchev–Trinajstić information content (AvgIpc) is 2.53. The van der Waals surface area contributed by atoms with Crippen LogP contribution in [0.1, 0.15) is 120 Å². The molecule has 0 heterocycles. The monoisotopic (exact) mass is 432 g/mol. The van der Waals surface area contributed by atoms with Crippen molar-refractivity contribution in [3.63, 3.8) is 0 Å². The molecule has 0 unspecified atom stereocenters. The Labute approximate surface area is 153 Å². The molecule has 0 bridgehead atoms. The molecule has 0 rings (SSSR count). The quantitative estimate of drug-likeness (QED) is 0.190. The van der Waals surface area contributed by atoms with Crippen molar-refractivity contribution in [2.24, 2.45) is 0 Å². The summed E-state index contributed by atoms with van der Waals surface area (Å²) in [5.74, 6) is 0. The minimum atomic E-state index is -2.29. The topological polar surface area (TPSA) is 0 Å². The van der Waals surface area contributed by atoms with E-state index in [-0.39, 0.29) is 0 Å². The van der Waals surface area contributed by atoms with Gasteiger partial charge in [0.25, 0.3) is 0 Å². The van der Waals surface area contributed by atoms with Crippen LogP contribution in [0.2, 0.25) is 15.7 Å². The van der Waals surface area contributed by atoms with Gasteiger partial charge in [-0.15, -0.1) is 0 Å². The Morgan fingerprint density at radius 3 is 1.13 bits per heavy atom. The number of unbranched alkanes of at least 4 members (excludes halogenated alkanes) is 6. The Morgan fingerprint density at radius 1 is 0.522 bits per heavy atom. The van der Waals surface area contributed by atoms with E-state index in [0.29, 0.717) is 6.86 Å². The van der Waals surface area contributed by atoms with E-state index in [1.54, 1.807) is 8.87 Å². The van der Waals surface area contributed by atoms with Crippen LogP contribution in [0.3, 0.4) is 0 Å². The van der Waals surface area contributed by atoms with Crippen molar-refractivity contribution in [1.29, 1.82) is 0 Å². The van der Waals surface area contributed by atoms with Crippen LogP contribution in [0.4, 0.5) is 0 Å². The van der Waals surface area contributed by atoms with E-state index < -0.39 is 18.4 Å². The second kappa shape index (κ2) is 11.4. The van der Waals surface area contributed by atoms with Gasteiger partial charge in [-0.25, -0.2) is 0 Å². The van der Waals surface area contributed by atoms with Gasteiger partial charge < -0.3 is 0 Å². The predicted molar refractivity (Wildman–Crippen MR) is 112 cm³/mol. The van der Waals surface area contributed by atoms with Crippen molar-refractivity contribution in [3.8, 4) is 0 Å². The molecule has 0 atom stereocenters. The van der Waals surface area contributed by atoms with Crippen molar-refractivity contribution in [2.75, 3.05) is 0 Å². The van der Waals surface area contributed by atoms with Gasteiger partial charge in [0.05, 0.1) is 0 Å². The molecule has 0 aromatic heterocycles. The van der Waals surface area contributed by atoms with Crippen LogP contribution in [-0.2, 0) is 0 Å². The van der Waals surface area contributed by atoms with Gasteiger partial charge in [-0.3, -0.25) is 0 Å². The molecular weight excluding hydrogens is 383 g/mol. The van der Waals surface area contributed by atoms with E-state index >= 15 is 0 Å². The van der Waals surface area contributed by atoms with Crippen molar-refractivity contribution in [1.82, 2.24) is 0 Å². The van der Waals surface area contributed by atoms with E-state index in [0.717, 1.165) is 0 Å². The van der Waals surface area contributed by atoms with Gasteiger partial charge >= 0.3 is 154 Å². The first-order chi connectivity index (χ1) is 10.7. The summed E-state index contributed by atoms with van der Waals surface area (Å²) < 4.78 is 4.57. The zero-order valence-corrected chi connectivity index (χ0v) is 20.8. The fraction of sp³-hybridized carbons (Fsp3) is 1.00. The number of rotatable bonds is 14. The molecule has 0 saturated carbocycles. The SMILES string of the molecule is CCCCC[CH2][Sn]([CH2]CCCCC)([C](C)(C)CC)[C](C)(C)CC. The van der Waals surface area contributed by atoms with Crippen LogP contribution in [0, 0.1) is 0 Å². The summed E-state index contributed by atoms with van der Waals surface area (Å²) in [6, 6.07) is 0. The molecular formula is C22H48Sn. The fourth-order valence-corrected chi connectivity index (χ4v) is 27.2. The Hall–Kier alpha value is 0.799. The van der Waals surface area contributed by atoms with Crippen LogP contribution in [0.5, 0.6) is 0 Å². The maximum atomic E-state index is 2.65. The van der Waals surface area contributed by atoms with E-state index in [1.807, 2.05) is 0 Å². The van der Waals surface area contributed by atoms with E-state index in [2.05, 4.69) is 55.4 Å². The second-order valence-corrected chi connectivity index (χ2v) is 25.9. The van der Waals surface area contributed by atoms with E-state index in [9.17, 15) is 0 Å². The van der Waals surface area contributed by atoms with Gasteiger partial charge in [-0.2, -0.15) is 0 Å². The molecule has 1 heteroatoms. The molecule has 0 saturated heterocycles. The third-order valence-electron chi connectivity index (χ3n) is 7.27. The van der Waals surface area contributed by atoms with Crippen molar-refractivity contribution >= 4 is 18.4 Å². The van der Waals surface area contributed by atoms with Crippen LogP contribution in [-0.4, -0.2) is 18.4 Å². The molecule has 0 amide bonds. The molecule has 0 spiro atoms. The maximum absolute atomic E-state index is 2.65. The third-order valence-corrected chi connectivity index (χ3v) is 31.0. The first-order valence-corrected chi connectivity index (χ1v) is 17.6. The average molecular weight is 431 g/mol. The molecule has 0 N–H and O–H groups in total. The summed E-state index contributed by atoms with van der Waals surface area (Å²) in [6.07, 6.45) is 14.4. The Morgan fingerprint density at radius 2 is 0.870 bits per heavy atom. The van der Waals surface area contributed by atoms with Crippen LogP contribution in [0.15, 0.2) is 0 Å². The molecule has 0 aromatic carbocycles. The molecule has 140 valence electrons. The van der Waals surface area contributed by atoms with Gasteiger partial charge in [-0.05, 0) is 0 Å².